The van der Waals surface area contributed by atoms with Gasteiger partial charge in [0.2, 0.25) is 5.88 Å². The summed E-state index contributed by atoms with van der Waals surface area (Å²) in [5, 5.41) is 6.50. The Hall–Kier alpha value is -1.56. The van der Waals surface area contributed by atoms with Crippen LogP contribution in [0.1, 0.15) is 19.2 Å². The lowest BCUT2D eigenvalue weighted by molar-refractivity contribution is 0.305. The number of aliphatic imine (C=N–C) groups is 1. The Morgan fingerprint density at radius 3 is 2.72 bits per heavy atom. The Labute approximate surface area is 111 Å². The zero-order valence-corrected chi connectivity index (χ0v) is 11.2. The molecule has 1 aliphatic heterocycles. The molecule has 2 N–H and O–H groups in total. The summed E-state index contributed by atoms with van der Waals surface area (Å²) in [7, 11) is 0. The fourth-order valence-electron chi connectivity index (χ4n) is 1.52. The van der Waals surface area contributed by atoms with Crippen molar-refractivity contribution < 1.29 is 4.74 Å². The largest absolute Gasteiger partial charge is 0.476 e. The summed E-state index contributed by atoms with van der Waals surface area (Å²) in [6.45, 7) is 6.06. The van der Waals surface area contributed by atoms with E-state index in [-0.39, 0.29) is 0 Å². The maximum Gasteiger partial charge on any atom is 0.245 e. The van der Waals surface area contributed by atoms with E-state index in [1.54, 1.807) is 6.92 Å². The van der Waals surface area contributed by atoms with E-state index in [4.69, 9.17) is 16.3 Å². The van der Waals surface area contributed by atoms with Gasteiger partial charge in [-0.3, -0.25) is 0 Å². The number of nitrogens with zero attached hydrogens (tertiary/aromatic N) is 3. The van der Waals surface area contributed by atoms with Crippen molar-refractivity contribution in [3.05, 3.63) is 11.0 Å². The first-order valence-electron chi connectivity index (χ1n) is 5.94. The molecule has 1 fully saturated rings. The summed E-state index contributed by atoms with van der Waals surface area (Å²) in [5.74, 6) is 1.67. The van der Waals surface area contributed by atoms with Crippen LogP contribution in [0, 0.1) is 6.92 Å². The van der Waals surface area contributed by atoms with Gasteiger partial charge in [-0.25, -0.2) is 9.98 Å². The van der Waals surface area contributed by atoms with E-state index in [1.807, 2.05) is 6.92 Å². The van der Waals surface area contributed by atoms with Crippen LogP contribution in [0.25, 0.3) is 0 Å². The molecule has 1 saturated heterocycles. The monoisotopic (exact) mass is 269 g/mol. The molecule has 18 heavy (non-hydrogen) atoms. The molecule has 0 aromatic carbocycles. The van der Waals surface area contributed by atoms with Crippen molar-refractivity contribution in [2.24, 2.45) is 4.99 Å². The highest BCUT2D eigenvalue weighted by atomic mass is 35.5. The van der Waals surface area contributed by atoms with Crippen molar-refractivity contribution in [1.29, 1.82) is 0 Å². The zero-order chi connectivity index (χ0) is 13.0. The third-order valence-electron chi connectivity index (χ3n) is 2.30. The number of hydrogen-bond donors (Lipinski definition) is 2. The normalized spacial score (nSPS) is 14.1. The van der Waals surface area contributed by atoms with Crippen molar-refractivity contribution in [3.63, 3.8) is 0 Å². The molecule has 7 heteroatoms. The quantitative estimate of drug-likeness (QED) is 0.809. The van der Waals surface area contributed by atoms with Gasteiger partial charge in [0.15, 0.2) is 16.8 Å². The molecule has 0 bridgehead atoms. The van der Waals surface area contributed by atoms with Crippen LogP contribution in [-0.2, 0) is 0 Å². The average Bonchev–Trinajstić information content (AvgIpc) is 2.83. The van der Waals surface area contributed by atoms with Gasteiger partial charge in [-0.1, -0.05) is 18.5 Å². The number of guanidine groups is 1. The van der Waals surface area contributed by atoms with Gasteiger partial charge in [0.1, 0.15) is 5.82 Å². The number of nitrogens with one attached hydrogen (secondary N) is 2. The average molecular weight is 270 g/mol. The van der Waals surface area contributed by atoms with Gasteiger partial charge in [-0.2, -0.15) is 4.98 Å². The number of halogens is 1. The maximum absolute atomic E-state index is 6.10. The van der Waals surface area contributed by atoms with Gasteiger partial charge < -0.3 is 15.4 Å². The minimum atomic E-state index is 0.302. The maximum atomic E-state index is 6.10. The predicted octanol–water partition coefficient (Wildman–Crippen LogP) is 1.41. The molecule has 0 spiro atoms. The summed E-state index contributed by atoms with van der Waals surface area (Å²) >= 11 is 6.10. The second kappa shape index (κ2) is 5.86. The molecular formula is C11H16ClN5O. The fraction of sp³-hybridized carbons (Fsp3) is 0.545. The minimum Gasteiger partial charge on any atom is -0.476 e. The van der Waals surface area contributed by atoms with Gasteiger partial charge >= 0.3 is 0 Å². The van der Waals surface area contributed by atoms with E-state index in [9.17, 15) is 0 Å². The lowest BCUT2D eigenvalue weighted by atomic mass is 10.4. The van der Waals surface area contributed by atoms with Crippen LogP contribution < -0.4 is 15.4 Å². The SMILES string of the molecule is CCCOc1nc(C)nc(Cl)c1N=C1NCCN1. The summed E-state index contributed by atoms with van der Waals surface area (Å²) in [5.41, 5.74) is 0.465. The molecule has 2 rings (SSSR count). The number of aromatic nitrogens is 2. The van der Waals surface area contributed by atoms with Crippen molar-refractivity contribution in [2.75, 3.05) is 19.7 Å². The highest BCUT2D eigenvalue weighted by Gasteiger charge is 2.15. The predicted molar refractivity (Wildman–Crippen MR) is 70.7 cm³/mol. The first-order valence-corrected chi connectivity index (χ1v) is 6.32. The van der Waals surface area contributed by atoms with Crippen molar-refractivity contribution >= 4 is 23.2 Å². The third-order valence-corrected chi connectivity index (χ3v) is 2.56. The topological polar surface area (TPSA) is 71.4 Å². The Morgan fingerprint density at radius 2 is 2.06 bits per heavy atom. The van der Waals surface area contributed by atoms with Crippen LogP contribution >= 0.6 is 11.6 Å². The Balaban J connectivity index is 2.33. The van der Waals surface area contributed by atoms with Crippen molar-refractivity contribution in [3.8, 4) is 5.88 Å². The second-order valence-corrected chi connectivity index (χ2v) is 4.24. The second-order valence-electron chi connectivity index (χ2n) is 3.88. The number of rotatable bonds is 4. The molecule has 6 nitrogen and oxygen atoms in total. The Kier molecular flexibility index (Phi) is 4.19. The number of hydrogen-bond acceptors (Lipinski definition) is 4. The molecule has 98 valence electrons. The van der Waals surface area contributed by atoms with E-state index in [1.165, 1.54) is 0 Å². The van der Waals surface area contributed by atoms with Crippen LogP contribution in [0.5, 0.6) is 5.88 Å². The lowest BCUT2D eigenvalue weighted by Gasteiger charge is -2.09. The first-order chi connectivity index (χ1) is 8.70. The van der Waals surface area contributed by atoms with Gasteiger partial charge in [-0.05, 0) is 13.3 Å². The molecular weight excluding hydrogens is 254 g/mol. The lowest BCUT2D eigenvalue weighted by Crippen LogP contribution is -2.23. The summed E-state index contributed by atoms with van der Waals surface area (Å²) in [4.78, 5) is 12.7. The van der Waals surface area contributed by atoms with Crippen LogP contribution in [0.4, 0.5) is 5.69 Å². The third kappa shape index (κ3) is 3.01. The van der Waals surface area contributed by atoms with Crippen molar-refractivity contribution in [1.82, 2.24) is 20.6 Å². The standard InChI is InChI=1S/C11H16ClN5O/c1-3-6-18-10-8(9(12)15-7(2)16-10)17-11-13-4-5-14-11/h3-6H2,1-2H3,(H2,13,14,17). The molecule has 0 atom stereocenters. The van der Waals surface area contributed by atoms with E-state index >= 15 is 0 Å². The van der Waals surface area contributed by atoms with Crippen LogP contribution in [0.3, 0.4) is 0 Å². The molecule has 0 aliphatic carbocycles. The Morgan fingerprint density at radius 1 is 1.33 bits per heavy atom. The number of ether oxygens (including phenoxy) is 1. The molecule has 0 saturated carbocycles. The smallest absolute Gasteiger partial charge is 0.245 e. The van der Waals surface area contributed by atoms with Gasteiger partial charge in [0.25, 0.3) is 0 Å². The number of aryl methyl sites for hydroxylation is 1. The molecule has 0 radical (unpaired) electrons. The zero-order valence-electron chi connectivity index (χ0n) is 10.5. The molecule has 0 unspecified atom stereocenters. The van der Waals surface area contributed by atoms with Crippen LogP contribution in [0.15, 0.2) is 4.99 Å². The van der Waals surface area contributed by atoms with Gasteiger partial charge in [0, 0.05) is 13.1 Å². The van der Waals surface area contributed by atoms with Crippen molar-refractivity contribution in [2.45, 2.75) is 20.3 Å². The summed E-state index contributed by atoms with van der Waals surface area (Å²) < 4.78 is 5.56. The molecule has 2 heterocycles. The molecule has 1 aromatic heterocycles. The minimum absolute atomic E-state index is 0.302. The van der Waals surface area contributed by atoms with Crippen LogP contribution in [-0.4, -0.2) is 35.6 Å². The van der Waals surface area contributed by atoms with Crippen LogP contribution in [0.2, 0.25) is 5.15 Å². The van der Waals surface area contributed by atoms with E-state index in [0.29, 0.717) is 35.1 Å². The van der Waals surface area contributed by atoms with E-state index in [0.717, 1.165) is 19.5 Å². The van der Waals surface area contributed by atoms with Gasteiger partial charge in [0.05, 0.1) is 6.61 Å². The molecule has 0 amide bonds. The Bertz CT molecular complexity index is 455. The first kappa shape index (κ1) is 12.9. The highest BCUT2D eigenvalue weighted by Crippen LogP contribution is 2.32. The highest BCUT2D eigenvalue weighted by molar-refractivity contribution is 6.32. The van der Waals surface area contributed by atoms with E-state index < -0.39 is 0 Å². The fourth-order valence-corrected chi connectivity index (χ4v) is 1.76. The summed E-state index contributed by atoms with van der Waals surface area (Å²) in [6.07, 6.45) is 0.896. The summed E-state index contributed by atoms with van der Waals surface area (Å²) in [6, 6.07) is 0. The molecule has 1 aromatic rings. The molecule has 1 aliphatic rings. The van der Waals surface area contributed by atoms with Gasteiger partial charge in [-0.15, -0.1) is 0 Å². The van der Waals surface area contributed by atoms with E-state index in [2.05, 4.69) is 25.6 Å².